The fourth-order valence-corrected chi connectivity index (χ4v) is 3.73. The number of amides is 1. The monoisotopic (exact) mass is 359 g/mol. The molecule has 2 aromatic heterocycles. The van der Waals surface area contributed by atoms with Crippen LogP contribution in [0.3, 0.4) is 0 Å². The van der Waals surface area contributed by atoms with Gasteiger partial charge in [0.05, 0.1) is 15.9 Å². The Morgan fingerprint density at radius 2 is 2.16 bits per heavy atom. The zero-order chi connectivity index (χ0) is 17.8. The number of aliphatic hydroxyl groups is 1. The van der Waals surface area contributed by atoms with Crippen LogP contribution in [-0.4, -0.2) is 41.0 Å². The molecule has 3 rings (SSSR count). The molecule has 0 aromatic carbocycles. The van der Waals surface area contributed by atoms with Gasteiger partial charge in [-0.15, -0.1) is 11.3 Å². The molecule has 0 bridgehead atoms. The third-order valence-electron chi connectivity index (χ3n) is 4.18. The molecule has 2 aromatic rings. The molecular formula is C18H21N3O3S. The van der Waals surface area contributed by atoms with E-state index in [1.165, 1.54) is 18.3 Å². The molecule has 2 N–H and O–H groups in total. The lowest BCUT2D eigenvalue weighted by Crippen LogP contribution is -2.39. The first-order valence-electron chi connectivity index (χ1n) is 8.30. The Balaban J connectivity index is 1.68. The highest BCUT2D eigenvalue weighted by atomic mass is 32.1. The molecule has 0 spiro atoms. The normalized spacial score (nSPS) is 17.4. The molecule has 1 aliphatic heterocycles. The van der Waals surface area contributed by atoms with Gasteiger partial charge in [0.25, 0.3) is 5.91 Å². The number of aliphatic hydroxyl groups excluding tert-OH is 1. The highest BCUT2D eigenvalue weighted by Crippen LogP contribution is 2.22. The van der Waals surface area contributed by atoms with Crippen molar-refractivity contribution in [3.63, 3.8) is 0 Å². The van der Waals surface area contributed by atoms with Crippen LogP contribution in [0.2, 0.25) is 0 Å². The number of ketones is 1. The number of carbonyl (C=O) groups is 2. The van der Waals surface area contributed by atoms with Crippen molar-refractivity contribution in [2.75, 3.05) is 18.0 Å². The Labute approximate surface area is 150 Å². The molecule has 1 fully saturated rings. The van der Waals surface area contributed by atoms with Crippen LogP contribution in [-0.2, 0) is 6.54 Å². The predicted octanol–water partition coefficient (Wildman–Crippen LogP) is 2.24. The molecule has 132 valence electrons. The topological polar surface area (TPSA) is 82.5 Å². The van der Waals surface area contributed by atoms with Gasteiger partial charge < -0.3 is 15.3 Å². The van der Waals surface area contributed by atoms with Crippen LogP contribution in [0.1, 0.15) is 44.7 Å². The second kappa shape index (κ2) is 7.76. The third kappa shape index (κ3) is 4.24. The lowest BCUT2D eigenvalue weighted by molar-refractivity contribution is 0.0954. The van der Waals surface area contributed by atoms with Crippen LogP contribution in [0.5, 0.6) is 0 Å². The molecule has 0 unspecified atom stereocenters. The average Bonchev–Trinajstić information content (AvgIpc) is 3.10. The van der Waals surface area contributed by atoms with Crippen molar-refractivity contribution in [3.05, 3.63) is 45.8 Å². The van der Waals surface area contributed by atoms with E-state index in [1.807, 2.05) is 12.1 Å². The predicted molar refractivity (Wildman–Crippen MR) is 97.2 cm³/mol. The largest absolute Gasteiger partial charge is 0.391 e. The number of carbonyl (C=O) groups excluding carboxylic acids is 2. The lowest BCUT2D eigenvalue weighted by Gasteiger charge is -2.32. The average molecular weight is 359 g/mol. The maximum atomic E-state index is 12.3. The van der Waals surface area contributed by atoms with Crippen molar-refractivity contribution in [2.24, 2.45) is 0 Å². The smallest absolute Gasteiger partial charge is 0.261 e. The van der Waals surface area contributed by atoms with E-state index in [4.69, 9.17) is 0 Å². The number of rotatable bonds is 5. The van der Waals surface area contributed by atoms with Crippen molar-refractivity contribution in [3.8, 4) is 0 Å². The summed E-state index contributed by atoms with van der Waals surface area (Å²) in [6, 6.07) is 7.11. The van der Waals surface area contributed by atoms with E-state index in [0.29, 0.717) is 22.8 Å². The summed E-state index contributed by atoms with van der Waals surface area (Å²) < 4.78 is 0. The van der Waals surface area contributed by atoms with E-state index in [0.717, 1.165) is 30.8 Å². The summed E-state index contributed by atoms with van der Waals surface area (Å²) in [5, 5.41) is 12.8. The van der Waals surface area contributed by atoms with Crippen molar-refractivity contribution in [1.82, 2.24) is 10.3 Å². The molecule has 1 aliphatic rings. The minimum Gasteiger partial charge on any atom is -0.391 e. The first-order valence-corrected chi connectivity index (χ1v) is 9.12. The van der Waals surface area contributed by atoms with E-state index >= 15 is 0 Å². The van der Waals surface area contributed by atoms with Gasteiger partial charge in [0.2, 0.25) is 0 Å². The number of β-amino-alcohol motifs (C(OH)–C–C–N with tert-alkyl or cyclic N) is 1. The van der Waals surface area contributed by atoms with Gasteiger partial charge in [0.1, 0.15) is 5.82 Å². The van der Waals surface area contributed by atoms with Crippen LogP contribution in [0.4, 0.5) is 5.82 Å². The van der Waals surface area contributed by atoms with Crippen molar-refractivity contribution >= 4 is 28.8 Å². The van der Waals surface area contributed by atoms with E-state index < -0.39 is 0 Å². The van der Waals surface area contributed by atoms with E-state index in [9.17, 15) is 14.7 Å². The van der Waals surface area contributed by atoms with Gasteiger partial charge in [0.15, 0.2) is 5.78 Å². The van der Waals surface area contributed by atoms with E-state index in [1.54, 1.807) is 18.3 Å². The second-order valence-electron chi connectivity index (χ2n) is 6.13. The van der Waals surface area contributed by atoms with Gasteiger partial charge in [0, 0.05) is 31.4 Å². The van der Waals surface area contributed by atoms with Gasteiger partial charge in [-0.1, -0.05) is 6.07 Å². The van der Waals surface area contributed by atoms with E-state index in [2.05, 4.69) is 15.2 Å². The molecule has 6 nitrogen and oxygen atoms in total. The number of hydrogen-bond donors (Lipinski definition) is 2. The van der Waals surface area contributed by atoms with Crippen LogP contribution in [0.25, 0.3) is 0 Å². The zero-order valence-corrected chi connectivity index (χ0v) is 14.9. The van der Waals surface area contributed by atoms with Crippen LogP contribution >= 0.6 is 11.3 Å². The molecule has 1 saturated heterocycles. The van der Waals surface area contributed by atoms with Crippen molar-refractivity contribution < 1.29 is 14.7 Å². The summed E-state index contributed by atoms with van der Waals surface area (Å²) in [6.07, 6.45) is 3.12. The number of nitrogens with zero attached hydrogens (tertiary/aromatic N) is 2. The first kappa shape index (κ1) is 17.6. The minimum absolute atomic E-state index is 0.0396. The minimum atomic E-state index is -0.339. The summed E-state index contributed by atoms with van der Waals surface area (Å²) in [7, 11) is 0. The van der Waals surface area contributed by atoms with Crippen molar-refractivity contribution in [1.29, 1.82) is 0 Å². The molecule has 0 radical (unpaired) electrons. The van der Waals surface area contributed by atoms with Gasteiger partial charge in [-0.3, -0.25) is 9.59 Å². The molecule has 25 heavy (non-hydrogen) atoms. The number of anilines is 1. The van der Waals surface area contributed by atoms with Crippen LogP contribution in [0.15, 0.2) is 30.5 Å². The summed E-state index contributed by atoms with van der Waals surface area (Å²) in [5.74, 6) is 0.561. The van der Waals surface area contributed by atoms with Gasteiger partial charge in [-0.05, 0) is 38.0 Å². The molecule has 0 aliphatic carbocycles. The van der Waals surface area contributed by atoms with E-state index in [-0.39, 0.29) is 17.8 Å². The highest BCUT2D eigenvalue weighted by molar-refractivity contribution is 7.15. The summed E-state index contributed by atoms with van der Waals surface area (Å²) in [6.45, 7) is 3.25. The molecule has 1 atom stereocenters. The highest BCUT2D eigenvalue weighted by Gasteiger charge is 2.21. The fourth-order valence-electron chi connectivity index (χ4n) is 2.91. The van der Waals surface area contributed by atoms with Crippen molar-refractivity contribution in [2.45, 2.75) is 32.4 Å². The first-order chi connectivity index (χ1) is 12.0. The molecule has 3 heterocycles. The number of hydrogen-bond acceptors (Lipinski definition) is 6. The van der Waals surface area contributed by atoms with Gasteiger partial charge in [-0.2, -0.15) is 0 Å². The summed E-state index contributed by atoms with van der Waals surface area (Å²) in [4.78, 5) is 31.3. The number of aromatic nitrogens is 1. The van der Waals surface area contributed by atoms with Gasteiger partial charge in [-0.25, -0.2) is 4.98 Å². The lowest BCUT2D eigenvalue weighted by atomic mass is 10.1. The zero-order valence-electron chi connectivity index (χ0n) is 14.1. The molecule has 0 saturated carbocycles. The molecule has 1 amide bonds. The molecule has 7 heteroatoms. The third-order valence-corrected chi connectivity index (χ3v) is 5.36. The Morgan fingerprint density at radius 3 is 2.88 bits per heavy atom. The quantitative estimate of drug-likeness (QED) is 0.800. The number of piperidine rings is 1. The second-order valence-corrected chi connectivity index (χ2v) is 7.21. The fraction of sp³-hybridized carbons (Fsp3) is 0.389. The summed E-state index contributed by atoms with van der Waals surface area (Å²) >= 11 is 1.20. The standard InChI is InChI=1S/C18H21N3O3S/c1-12(22)15-6-7-16(25-15)18(24)20-10-13-4-2-8-19-17(13)21-9-3-5-14(23)11-21/h2,4,6-8,14,23H,3,5,9-11H2,1H3,(H,20,24)/t14-/m0/s1. The Kier molecular flexibility index (Phi) is 5.45. The Hall–Kier alpha value is -2.25. The number of nitrogens with one attached hydrogen (secondary N) is 1. The Morgan fingerprint density at radius 1 is 1.36 bits per heavy atom. The van der Waals surface area contributed by atoms with Crippen LogP contribution in [0, 0.1) is 0 Å². The number of Topliss-reactive ketones (excluding diaryl/α,β-unsaturated/α-hetero) is 1. The maximum absolute atomic E-state index is 12.3. The Bertz CT molecular complexity index is 774. The van der Waals surface area contributed by atoms with Gasteiger partial charge >= 0.3 is 0 Å². The maximum Gasteiger partial charge on any atom is 0.261 e. The number of pyridine rings is 1. The SMILES string of the molecule is CC(=O)c1ccc(C(=O)NCc2cccnc2N2CCC[C@H](O)C2)s1. The molecular weight excluding hydrogens is 338 g/mol. The van der Waals surface area contributed by atoms with Crippen LogP contribution < -0.4 is 10.2 Å². The number of thiophene rings is 1. The summed E-state index contributed by atoms with van der Waals surface area (Å²) in [5.41, 5.74) is 0.910.